The van der Waals surface area contributed by atoms with Crippen LogP contribution >= 0.6 is 0 Å². The highest BCUT2D eigenvalue weighted by molar-refractivity contribution is 5.90. The third kappa shape index (κ3) is 3.12. The second-order valence-electron chi connectivity index (χ2n) is 6.27. The number of aliphatic hydroxyl groups excluding tert-OH is 1. The molecule has 1 amide bonds. The fourth-order valence-corrected chi connectivity index (χ4v) is 2.52. The van der Waals surface area contributed by atoms with Gasteiger partial charge in [0.25, 0.3) is 0 Å². The Hall–Kier alpha value is -1.55. The van der Waals surface area contributed by atoms with Gasteiger partial charge in [0.1, 0.15) is 5.60 Å². The van der Waals surface area contributed by atoms with Gasteiger partial charge in [-0.05, 0) is 46.1 Å². The second kappa shape index (κ2) is 5.44. The molecule has 0 aliphatic carbocycles. The summed E-state index contributed by atoms with van der Waals surface area (Å²) in [5, 5.41) is 9.93. The number of rotatable bonds is 1. The van der Waals surface area contributed by atoms with E-state index in [1.165, 1.54) is 0 Å². The lowest BCUT2D eigenvalue weighted by Crippen LogP contribution is -2.40. The predicted octanol–water partition coefficient (Wildman–Crippen LogP) is 3.43. The SMILES string of the molecule is C[C@@H](O)c1cccc2c1N(C(=O)OC(C)(C)C)CCC2. The average Bonchev–Trinajstić information content (AvgIpc) is 2.35. The number of nitrogens with zero attached hydrogens (tertiary/aromatic N) is 1. The van der Waals surface area contributed by atoms with E-state index in [9.17, 15) is 9.90 Å². The van der Waals surface area contributed by atoms with E-state index in [4.69, 9.17) is 4.74 Å². The number of carbonyl (C=O) groups excluding carboxylic acids is 1. The summed E-state index contributed by atoms with van der Waals surface area (Å²) < 4.78 is 5.47. The number of ether oxygens (including phenoxy) is 1. The van der Waals surface area contributed by atoms with E-state index < -0.39 is 11.7 Å². The summed E-state index contributed by atoms with van der Waals surface area (Å²) in [6, 6.07) is 5.81. The van der Waals surface area contributed by atoms with Crippen LogP contribution in [0.15, 0.2) is 18.2 Å². The summed E-state index contributed by atoms with van der Waals surface area (Å²) >= 11 is 0. The first kappa shape index (κ1) is 14.9. The number of amides is 1. The van der Waals surface area contributed by atoms with Gasteiger partial charge in [-0.3, -0.25) is 4.90 Å². The quantitative estimate of drug-likeness (QED) is 0.855. The van der Waals surface area contributed by atoms with Crippen LogP contribution in [0.1, 0.15) is 51.3 Å². The molecular formula is C16H23NO3. The van der Waals surface area contributed by atoms with E-state index in [0.717, 1.165) is 29.7 Å². The largest absolute Gasteiger partial charge is 0.443 e. The summed E-state index contributed by atoms with van der Waals surface area (Å²) in [6.45, 7) is 7.92. The molecule has 0 saturated carbocycles. The monoisotopic (exact) mass is 277 g/mol. The zero-order chi connectivity index (χ0) is 14.9. The number of anilines is 1. The first-order valence-corrected chi connectivity index (χ1v) is 7.10. The highest BCUT2D eigenvalue weighted by Gasteiger charge is 2.29. The average molecular weight is 277 g/mol. The van der Waals surface area contributed by atoms with Crippen molar-refractivity contribution in [1.29, 1.82) is 0 Å². The number of fused-ring (bicyclic) bond motifs is 1. The molecule has 20 heavy (non-hydrogen) atoms. The molecule has 0 radical (unpaired) electrons. The Labute approximate surface area is 120 Å². The van der Waals surface area contributed by atoms with Crippen LogP contribution in [-0.4, -0.2) is 23.3 Å². The third-order valence-corrected chi connectivity index (χ3v) is 3.31. The molecular weight excluding hydrogens is 254 g/mol. The summed E-state index contributed by atoms with van der Waals surface area (Å²) in [7, 11) is 0. The lowest BCUT2D eigenvalue weighted by Gasteiger charge is -2.33. The van der Waals surface area contributed by atoms with Crippen molar-refractivity contribution < 1.29 is 14.6 Å². The van der Waals surface area contributed by atoms with Crippen molar-refractivity contribution in [2.24, 2.45) is 0 Å². The predicted molar refractivity (Wildman–Crippen MR) is 79.0 cm³/mol. The van der Waals surface area contributed by atoms with Crippen LogP contribution in [0.3, 0.4) is 0 Å². The van der Waals surface area contributed by atoms with E-state index >= 15 is 0 Å². The molecule has 0 saturated heterocycles. The zero-order valence-corrected chi connectivity index (χ0v) is 12.6. The number of aryl methyl sites for hydroxylation is 1. The molecule has 4 nitrogen and oxygen atoms in total. The Morgan fingerprint density at radius 3 is 2.70 bits per heavy atom. The maximum atomic E-state index is 12.4. The number of hydrogen-bond acceptors (Lipinski definition) is 3. The Morgan fingerprint density at radius 1 is 1.40 bits per heavy atom. The molecule has 1 atom stereocenters. The number of benzene rings is 1. The van der Waals surface area contributed by atoms with Crippen LogP contribution in [0, 0.1) is 0 Å². The standard InChI is InChI=1S/C16H23NO3/c1-11(18)13-9-5-7-12-8-6-10-17(14(12)13)15(19)20-16(2,3)4/h5,7,9,11,18H,6,8,10H2,1-4H3/t11-/m1/s1. The number of hydrogen-bond donors (Lipinski definition) is 1. The number of aliphatic hydroxyl groups is 1. The van der Waals surface area contributed by atoms with Crippen LogP contribution in [0.2, 0.25) is 0 Å². The van der Waals surface area contributed by atoms with Gasteiger partial charge in [0, 0.05) is 12.1 Å². The molecule has 1 aromatic carbocycles. The van der Waals surface area contributed by atoms with Crippen molar-refractivity contribution in [2.45, 2.75) is 52.2 Å². The first-order chi connectivity index (χ1) is 9.29. The molecule has 110 valence electrons. The summed E-state index contributed by atoms with van der Waals surface area (Å²) in [5.74, 6) is 0. The van der Waals surface area contributed by atoms with Crippen molar-refractivity contribution in [2.75, 3.05) is 11.4 Å². The molecule has 0 spiro atoms. The minimum absolute atomic E-state index is 0.341. The Bertz CT molecular complexity index is 503. The molecule has 1 aromatic rings. The van der Waals surface area contributed by atoms with E-state index in [0.29, 0.717) is 6.54 Å². The molecule has 0 bridgehead atoms. The van der Waals surface area contributed by atoms with Crippen molar-refractivity contribution in [3.8, 4) is 0 Å². The molecule has 2 rings (SSSR count). The minimum atomic E-state index is -0.604. The van der Waals surface area contributed by atoms with Gasteiger partial charge in [-0.25, -0.2) is 4.79 Å². The van der Waals surface area contributed by atoms with Crippen LogP contribution in [0.25, 0.3) is 0 Å². The number of para-hydroxylation sites is 1. The van der Waals surface area contributed by atoms with E-state index in [1.807, 2.05) is 39.0 Å². The molecule has 0 aromatic heterocycles. The maximum Gasteiger partial charge on any atom is 0.414 e. The Kier molecular flexibility index (Phi) is 4.04. The van der Waals surface area contributed by atoms with Crippen LogP contribution in [0.4, 0.5) is 10.5 Å². The van der Waals surface area contributed by atoms with E-state index in [-0.39, 0.29) is 6.09 Å². The normalized spacial score (nSPS) is 16.6. The van der Waals surface area contributed by atoms with Crippen molar-refractivity contribution in [1.82, 2.24) is 0 Å². The topological polar surface area (TPSA) is 49.8 Å². The number of carbonyl (C=O) groups is 1. The fourth-order valence-electron chi connectivity index (χ4n) is 2.52. The van der Waals surface area contributed by atoms with Gasteiger partial charge in [-0.1, -0.05) is 18.2 Å². The third-order valence-electron chi connectivity index (χ3n) is 3.31. The van der Waals surface area contributed by atoms with Gasteiger partial charge in [0.2, 0.25) is 0 Å². The summed E-state index contributed by atoms with van der Waals surface area (Å²) in [5.41, 5.74) is 2.19. The van der Waals surface area contributed by atoms with Crippen LogP contribution in [-0.2, 0) is 11.2 Å². The zero-order valence-electron chi connectivity index (χ0n) is 12.6. The van der Waals surface area contributed by atoms with Gasteiger partial charge in [-0.2, -0.15) is 0 Å². The minimum Gasteiger partial charge on any atom is -0.443 e. The van der Waals surface area contributed by atoms with Gasteiger partial charge in [-0.15, -0.1) is 0 Å². The van der Waals surface area contributed by atoms with Gasteiger partial charge >= 0.3 is 6.09 Å². The fraction of sp³-hybridized carbons (Fsp3) is 0.562. The van der Waals surface area contributed by atoms with Gasteiger partial charge in [0.05, 0.1) is 11.8 Å². The lowest BCUT2D eigenvalue weighted by atomic mass is 9.96. The second-order valence-corrected chi connectivity index (χ2v) is 6.27. The summed E-state index contributed by atoms with van der Waals surface area (Å²) in [4.78, 5) is 14.0. The van der Waals surface area contributed by atoms with Crippen molar-refractivity contribution in [3.63, 3.8) is 0 Å². The molecule has 4 heteroatoms. The molecule has 1 N–H and O–H groups in total. The molecule has 1 heterocycles. The lowest BCUT2D eigenvalue weighted by molar-refractivity contribution is 0.0577. The molecule has 1 aliphatic rings. The van der Waals surface area contributed by atoms with E-state index in [1.54, 1.807) is 11.8 Å². The van der Waals surface area contributed by atoms with Gasteiger partial charge in [0.15, 0.2) is 0 Å². The first-order valence-electron chi connectivity index (χ1n) is 7.10. The molecule has 0 unspecified atom stereocenters. The maximum absolute atomic E-state index is 12.4. The van der Waals surface area contributed by atoms with E-state index in [2.05, 4.69) is 0 Å². The van der Waals surface area contributed by atoms with Crippen LogP contribution < -0.4 is 4.90 Å². The van der Waals surface area contributed by atoms with Crippen LogP contribution in [0.5, 0.6) is 0 Å². The summed E-state index contributed by atoms with van der Waals surface area (Å²) in [6.07, 6.45) is 0.893. The highest BCUT2D eigenvalue weighted by Crippen LogP contribution is 2.35. The van der Waals surface area contributed by atoms with Gasteiger partial charge < -0.3 is 9.84 Å². The Balaban J connectivity index is 2.39. The smallest absolute Gasteiger partial charge is 0.414 e. The van der Waals surface area contributed by atoms with Crippen molar-refractivity contribution >= 4 is 11.8 Å². The molecule has 0 fully saturated rings. The van der Waals surface area contributed by atoms with Crippen molar-refractivity contribution in [3.05, 3.63) is 29.3 Å². The Morgan fingerprint density at radius 2 is 2.10 bits per heavy atom. The molecule has 1 aliphatic heterocycles. The highest BCUT2D eigenvalue weighted by atomic mass is 16.6.